The van der Waals surface area contributed by atoms with Crippen LogP contribution in [0.4, 0.5) is 5.13 Å². The lowest BCUT2D eigenvalue weighted by Gasteiger charge is -1.96. The topological polar surface area (TPSA) is 54.9 Å². The van der Waals surface area contributed by atoms with Crippen molar-refractivity contribution in [3.8, 4) is 10.6 Å². The molecule has 2 heterocycles. The number of carbonyl (C=O) groups is 1. The molecule has 82 valence electrons. The number of carbonyl (C=O) groups excluding carboxylic acids is 1. The molecule has 0 saturated carbocycles. The van der Waals surface area contributed by atoms with Gasteiger partial charge in [-0.1, -0.05) is 17.4 Å². The van der Waals surface area contributed by atoms with Crippen LogP contribution < -0.4 is 5.32 Å². The Kier molecular flexibility index (Phi) is 2.96. The van der Waals surface area contributed by atoms with Gasteiger partial charge in [-0.15, -0.1) is 0 Å². The van der Waals surface area contributed by atoms with Crippen molar-refractivity contribution in [3.05, 3.63) is 30.1 Å². The van der Waals surface area contributed by atoms with Crippen molar-refractivity contribution in [1.29, 1.82) is 0 Å². The summed E-state index contributed by atoms with van der Waals surface area (Å²) in [6.07, 6.45) is 1.71. The molecule has 0 atom stereocenters. The summed E-state index contributed by atoms with van der Waals surface area (Å²) in [4.78, 5) is 20.7. The molecule has 0 saturated heterocycles. The Bertz CT molecular complexity index is 507. The van der Waals surface area contributed by atoms with Gasteiger partial charge in [0.05, 0.1) is 10.6 Å². The summed E-state index contributed by atoms with van der Waals surface area (Å²) in [5.74, 6) is -0.0431. The summed E-state index contributed by atoms with van der Waals surface area (Å²) in [6.45, 7) is 1.51. The molecule has 5 heteroatoms. The fraction of sp³-hybridized carbons (Fsp3) is 0.182. The lowest BCUT2D eigenvalue weighted by molar-refractivity contribution is 0.101. The van der Waals surface area contributed by atoms with E-state index in [9.17, 15) is 4.79 Å². The van der Waals surface area contributed by atoms with Crippen molar-refractivity contribution in [3.63, 3.8) is 0 Å². The largest absolute Gasteiger partial charge is 0.365 e. The van der Waals surface area contributed by atoms with Crippen LogP contribution in [0.15, 0.2) is 24.4 Å². The minimum atomic E-state index is -0.0431. The summed E-state index contributed by atoms with van der Waals surface area (Å²) in [5.41, 5.74) is 1.26. The number of rotatable bonds is 3. The number of anilines is 1. The molecule has 0 spiro atoms. The molecule has 0 aliphatic rings. The molecule has 0 aliphatic heterocycles. The minimum Gasteiger partial charge on any atom is -0.365 e. The van der Waals surface area contributed by atoms with Gasteiger partial charge >= 0.3 is 0 Å². The fourth-order valence-electron chi connectivity index (χ4n) is 1.34. The highest BCUT2D eigenvalue weighted by Gasteiger charge is 2.16. The first-order valence-electron chi connectivity index (χ1n) is 4.83. The number of thiazole rings is 1. The van der Waals surface area contributed by atoms with Gasteiger partial charge in [-0.25, -0.2) is 4.98 Å². The van der Waals surface area contributed by atoms with Crippen molar-refractivity contribution in [1.82, 2.24) is 9.97 Å². The van der Waals surface area contributed by atoms with Crippen LogP contribution in [0, 0.1) is 0 Å². The van der Waals surface area contributed by atoms with Gasteiger partial charge in [0.2, 0.25) is 0 Å². The molecule has 0 bridgehead atoms. The van der Waals surface area contributed by atoms with Crippen LogP contribution in [0.5, 0.6) is 0 Å². The number of hydrogen-bond acceptors (Lipinski definition) is 5. The predicted octanol–water partition coefficient (Wildman–Crippen LogP) is 2.45. The second-order valence-corrected chi connectivity index (χ2v) is 4.22. The zero-order valence-electron chi connectivity index (χ0n) is 9.02. The van der Waals surface area contributed by atoms with Crippen LogP contribution in [0.2, 0.25) is 0 Å². The standard InChI is InChI=1S/C11H11N3OS/c1-7(15)9-10(16-11(12-2)14-9)8-5-3-4-6-13-8/h3-6H,1-2H3,(H,12,14). The van der Waals surface area contributed by atoms with Crippen molar-refractivity contribution >= 4 is 22.3 Å². The first-order chi connectivity index (χ1) is 7.72. The highest BCUT2D eigenvalue weighted by atomic mass is 32.1. The lowest BCUT2D eigenvalue weighted by atomic mass is 10.2. The third-order valence-corrected chi connectivity index (χ3v) is 3.17. The van der Waals surface area contributed by atoms with Crippen molar-refractivity contribution in [2.75, 3.05) is 12.4 Å². The van der Waals surface area contributed by atoms with E-state index in [4.69, 9.17) is 0 Å². The first-order valence-corrected chi connectivity index (χ1v) is 5.65. The highest BCUT2D eigenvalue weighted by molar-refractivity contribution is 7.19. The van der Waals surface area contributed by atoms with Crippen molar-refractivity contribution in [2.45, 2.75) is 6.92 Å². The van der Waals surface area contributed by atoms with E-state index < -0.39 is 0 Å². The van der Waals surface area contributed by atoms with Gasteiger partial charge < -0.3 is 5.32 Å². The van der Waals surface area contributed by atoms with Gasteiger partial charge in [0, 0.05) is 20.2 Å². The molecular formula is C11H11N3OS. The normalized spacial score (nSPS) is 10.1. The molecular weight excluding hydrogens is 222 g/mol. The van der Waals surface area contributed by atoms with Gasteiger partial charge in [-0.3, -0.25) is 9.78 Å². The molecule has 0 aromatic carbocycles. The molecule has 16 heavy (non-hydrogen) atoms. The van der Waals surface area contributed by atoms with E-state index in [1.165, 1.54) is 18.3 Å². The van der Waals surface area contributed by atoms with Gasteiger partial charge in [0.15, 0.2) is 10.9 Å². The Morgan fingerprint density at radius 2 is 2.25 bits per heavy atom. The number of pyridine rings is 1. The van der Waals surface area contributed by atoms with E-state index in [-0.39, 0.29) is 5.78 Å². The van der Waals surface area contributed by atoms with Gasteiger partial charge in [-0.2, -0.15) is 0 Å². The average Bonchev–Trinajstić information content (AvgIpc) is 2.74. The van der Waals surface area contributed by atoms with Gasteiger partial charge in [0.25, 0.3) is 0 Å². The van der Waals surface area contributed by atoms with E-state index >= 15 is 0 Å². The summed E-state index contributed by atoms with van der Waals surface area (Å²) in [6, 6.07) is 5.61. The molecule has 0 aliphatic carbocycles. The van der Waals surface area contributed by atoms with Crippen molar-refractivity contribution in [2.24, 2.45) is 0 Å². The third-order valence-electron chi connectivity index (χ3n) is 2.07. The second-order valence-electron chi connectivity index (χ2n) is 3.22. The van der Waals surface area contributed by atoms with Crippen LogP contribution in [-0.4, -0.2) is 22.8 Å². The number of nitrogens with one attached hydrogen (secondary N) is 1. The molecule has 1 N–H and O–H groups in total. The number of nitrogens with zero attached hydrogens (tertiary/aromatic N) is 2. The fourth-order valence-corrected chi connectivity index (χ4v) is 2.28. The molecule has 4 nitrogen and oxygen atoms in total. The zero-order valence-corrected chi connectivity index (χ0v) is 9.84. The summed E-state index contributed by atoms with van der Waals surface area (Å²) < 4.78 is 0. The molecule has 2 aromatic rings. The van der Waals surface area contributed by atoms with E-state index in [0.29, 0.717) is 5.69 Å². The molecule has 2 rings (SSSR count). The van der Waals surface area contributed by atoms with Crippen LogP contribution in [0.3, 0.4) is 0 Å². The SMILES string of the molecule is CNc1nc(C(C)=O)c(-c2ccccn2)s1. The van der Waals surface area contributed by atoms with Crippen LogP contribution in [0.1, 0.15) is 17.4 Å². The Labute approximate surface area is 97.4 Å². The zero-order chi connectivity index (χ0) is 11.5. The smallest absolute Gasteiger partial charge is 0.183 e. The maximum absolute atomic E-state index is 11.5. The van der Waals surface area contributed by atoms with Crippen LogP contribution >= 0.6 is 11.3 Å². The third kappa shape index (κ3) is 1.94. The monoisotopic (exact) mass is 233 g/mol. The van der Waals surface area contributed by atoms with E-state index in [2.05, 4.69) is 15.3 Å². The number of Topliss-reactive ketones (excluding diaryl/α,β-unsaturated/α-hetero) is 1. The predicted molar refractivity (Wildman–Crippen MR) is 64.9 cm³/mol. The quantitative estimate of drug-likeness (QED) is 0.827. The Hall–Kier alpha value is -1.75. The van der Waals surface area contributed by atoms with E-state index in [1.54, 1.807) is 13.2 Å². The second kappa shape index (κ2) is 4.40. The Morgan fingerprint density at radius 3 is 2.81 bits per heavy atom. The summed E-state index contributed by atoms with van der Waals surface area (Å²) >= 11 is 1.44. The molecule has 2 aromatic heterocycles. The molecule has 0 unspecified atom stereocenters. The van der Waals surface area contributed by atoms with Gasteiger partial charge in [0.1, 0.15) is 5.69 Å². The Balaban J connectivity index is 2.55. The average molecular weight is 233 g/mol. The van der Waals surface area contributed by atoms with Gasteiger partial charge in [-0.05, 0) is 12.1 Å². The lowest BCUT2D eigenvalue weighted by Crippen LogP contribution is -1.96. The molecule has 0 radical (unpaired) electrons. The maximum atomic E-state index is 11.5. The Morgan fingerprint density at radius 1 is 1.44 bits per heavy atom. The van der Waals surface area contributed by atoms with Crippen LogP contribution in [0.25, 0.3) is 10.6 Å². The minimum absolute atomic E-state index is 0.0431. The van der Waals surface area contributed by atoms with E-state index in [1.807, 2.05) is 18.2 Å². The van der Waals surface area contributed by atoms with Crippen molar-refractivity contribution < 1.29 is 4.79 Å². The summed E-state index contributed by atoms with van der Waals surface area (Å²) in [7, 11) is 1.78. The molecule has 0 fully saturated rings. The summed E-state index contributed by atoms with van der Waals surface area (Å²) in [5, 5.41) is 3.67. The highest BCUT2D eigenvalue weighted by Crippen LogP contribution is 2.31. The number of hydrogen-bond donors (Lipinski definition) is 1. The van der Waals surface area contributed by atoms with Crippen LogP contribution in [-0.2, 0) is 0 Å². The van der Waals surface area contributed by atoms with E-state index in [0.717, 1.165) is 15.7 Å². The maximum Gasteiger partial charge on any atom is 0.183 e. The molecule has 0 amide bonds. The number of aromatic nitrogens is 2. The first kappa shape index (κ1) is 10.8. The number of ketones is 1.